The molecule has 0 amide bonds. The number of fused-ring (bicyclic) bond motifs is 1. The van der Waals surface area contributed by atoms with E-state index in [1.807, 2.05) is 92.7 Å². The highest BCUT2D eigenvalue weighted by molar-refractivity contribution is 7.89. The highest BCUT2D eigenvalue weighted by Gasteiger charge is 2.24. The SMILES string of the molecule is Cc1ccc(-c2ccc3nc(C(C)NS(=O)(=O)c4ccc(CC(C)(C)C)cc4)n(-c4ccc(C)cc4)c(=O)c3c2)cc1. The lowest BCUT2D eigenvalue weighted by molar-refractivity contribution is 0.411. The summed E-state index contributed by atoms with van der Waals surface area (Å²) in [6.45, 7) is 12.2. The van der Waals surface area contributed by atoms with Gasteiger partial charge < -0.3 is 0 Å². The van der Waals surface area contributed by atoms with Crippen molar-refractivity contribution in [2.45, 2.75) is 58.9 Å². The Balaban J connectivity index is 1.57. The van der Waals surface area contributed by atoms with Crippen molar-refractivity contribution in [2.24, 2.45) is 5.41 Å². The quantitative estimate of drug-likeness (QED) is 0.219. The van der Waals surface area contributed by atoms with Gasteiger partial charge in [0.25, 0.3) is 5.56 Å². The molecule has 7 heteroatoms. The molecule has 0 saturated carbocycles. The van der Waals surface area contributed by atoms with Crippen molar-refractivity contribution >= 4 is 20.9 Å². The standard InChI is InChI=1S/C35H37N3O3S/c1-23-7-13-27(14-8-23)28-15-20-32-31(21-28)34(39)38(29-16-9-24(2)10-17-29)33(36-32)25(3)37-42(40,41)30-18-11-26(12-19-30)22-35(4,5)6/h7-21,25,37H,22H2,1-6H3. The zero-order chi connectivity index (χ0) is 30.2. The zero-order valence-corrected chi connectivity index (χ0v) is 25.8. The summed E-state index contributed by atoms with van der Waals surface area (Å²) in [6.07, 6.45) is 0.840. The van der Waals surface area contributed by atoms with Crippen LogP contribution in [0, 0.1) is 19.3 Å². The number of nitrogens with zero attached hydrogens (tertiary/aromatic N) is 2. The van der Waals surface area contributed by atoms with E-state index in [0.717, 1.165) is 34.2 Å². The Morgan fingerprint density at radius 2 is 1.38 bits per heavy atom. The average Bonchev–Trinajstić information content (AvgIpc) is 2.93. The highest BCUT2D eigenvalue weighted by Crippen LogP contribution is 2.26. The molecule has 1 aromatic heterocycles. The van der Waals surface area contributed by atoms with Crippen molar-refractivity contribution in [3.05, 3.63) is 124 Å². The van der Waals surface area contributed by atoms with E-state index in [1.165, 1.54) is 4.57 Å². The molecule has 0 bridgehead atoms. The number of aromatic nitrogens is 2. The molecule has 0 radical (unpaired) electrons. The monoisotopic (exact) mass is 579 g/mol. The maximum absolute atomic E-state index is 14.1. The molecule has 0 aliphatic carbocycles. The van der Waals surface area contributed by atoms with E-state index in [1.54, 1.807) is 19.1 Å². The molecule has 42 heavy (non-hydrogen) atoms. The van der Waals surface area contributed by atoms with E-state index >= 15 is 0 Å². The number of nitrogens with one attached hydrogen (secondary N) is 1. The Labute approximate surface area is 248 Å². The summed E-state index contributed by atoms with van der Waals surface area (Å²) in [5.74, 6) is 0.312. The first kappa shape index (κ1) is 29.4. The maximum Gasteiger partial charge on any atom is 0.266 e. The molecule has 5 rings (SSSR count). The van der Waals surface area contributed by atoms with E-state index in [0.29, 0.717) is 22.4 Å². The first-order valence-electron chi connectivity index (χ1n) is 14.1. The largest absolute Gasteiger partial charge is 0.268 e. The fourth-order valence-corrected chi connectivity index (χ4v) is 6.32. The van der Waals surface area contributed by atoms with Crippen LogP contribution in [0.5, 0.6) is 0 Å². The van der Waals surface area contributed by atoms with Gasteiger partial charge in [0.1, 0.15) is 5.82 Å². The molecule has 216 valence electrons. The first-order valence-corrected chi connectivity index (χ1v) is 15.6. The van der Waals surface area contributed by atoms with Crippen LogP contribution in [0.25, 0.3) is 27.7 Å². The Hall–Kier alpha value is -4.07. The average molecular weight is 580 g/mol. The lowest BCUT2D eigenvalue weighted by Gasteiger charge is -2.21. The molecule has 0 spiro atoms. The zero-order valence-electron chi connectivity index (χ0n) is 25.0. The van der Waals surface area contributed by atoms with Crippen molar-refractivity contribution in [3.63, 3.8) is 0 Å². The minimum absolute atomic E-state index is 0.0927. The maximum atomic E-state index is 14.1. The van der Waals surface area contributed by atoms with Gasteiger partial charge in [-0.05, 0) is 85.7 Å². The van der Waals surface area contributed by atoms with Gasteiger partial charge in [-0.3, -0.25) is 9.36 Å². The Bertz CT molecular complexity index is 1900. The van der Waals surface area contributed by atoms with Crippen LogP contribution in [-0.2, 0) is 16.4 Å². The van der Waals surface area contributed by atoms with E-state index < -0.39 is 16.1 Å². The molecule has 0 aliphatic heterocycles. The van der Waals surface area contributed by atoms with Gasteiger partial charge in [0, 0.05) is 0 Å². The molecule has 0 saturated heterocycles. The normalized spacial score (nSPS) is 12.9. The molecule has 1 N–H and O–H groups in total. The third kappa shape index (κ3) is 6.37. The van der Waals surface area contributed by atoms with Gasteiger partial charge in [0.2, 0.25) is 10.0 Å². The summed E-state index contributed by atoms with van der Waals surface area (Å²) in [5, 5.41) is 0.460. The number of rotatable bonds is 7. The molecule has 5 aromatic rings. The first-order chi connectivity index (χ1) is 19.8. The van der Waals surface area contributed by atoms with Crippen LogP contribution >= 0.6 is 0 Å². The molecule has 4 aromatic carbocycles. The van der Waals surface area contributed by atoms with Gasteiger partial charge in [0.05, 0.1) is 27.5 Å². The molecular weight excluding hydrogens is 542 g/mol. The minimum Gasteiger partial charge on any atom is -0.268 e. The van der Waals surface area contributed by atoms with Gasteiger partial charge in [-0.1, -0.05) is 86.5 Å². The summed E-state index contributed by atoms with van der Waals surface area (Å²) in [6, 6.07) is 27.5. The van der Waals surface area contributed by atoms with Crippen LogP contribution < -0.4 is 10.3 Å². The van der Waals surface area contributed by atoms with Crippen molar-refractivity contribution < 1.29 is 8.42 Å². The third-order valence-electron chi connectivity index (χ3n) is 7.26. The van der Waals surface area contributed by atoms with Crippen LogP contribution in [0.15, 0.2) is 101 Å². The summed E-state index contributed by atoms with van der Waals surface area (Å²) >= 11 is 0. The number of hydrogen-bond acceptors (Lipinski definition) is 4. The molecule has 1 atom stereocenters. The molecule has 1 heterocycles. The molecule has 0 fully saturated rings. The van der Waals surface area contributed by atoms with Gasteiger partial charge in [0.15, 0.2) is 0 Å². The summed E-state index contributed by atoms with van der Waals surface area (Å²) < 4.78 is 31.2. The molecular formula is C35H37N3O3S. The van der Waals surface area contributed by atoms with Crippen molar-refractivity contribution in [1.82, 2.24) is 14.3 Å². The Morgan fingerprint density at radius 1 is 0.810 bits per heavy atom. The van der Waals surface area contributed by atoms with Crippen molar-refractivity contribution in [3.8, 4) is 16.8 Å². The number of sulfonamides is 1. The van der Waals surface area contributed by atoms with Gasteiger partial charge in [-0.2, -0.15) is 0 Å². The highest BCUT2D eigenvalue weighted by atomic mass is 32.2. The fraction of sp³-hybridized carbons (Fsp3) is 0.257. The Kier molecular flexibility index (Phi) is 7.92. The predicted molar refractivity (Wildman–Crippen MR) is 171 cm³/mol. The molecule has 6 nitrogen and oxygen atoms in total. The van der Waals surface area contributed by atoms with E-state index in [9.17, 15) is 13.2 Å². The second-order valence-electron chi connectivity index (χ2n) is 12.3. The van der Waals surface area contributed by atoms with Gasteiger partial charge >= 0.3 is 0 Å². The van der Waals surface area contributed by atoms with Gasteiger partial charge in [-0.25, -0.2) is 18.1 Å². The fourth-order valence-electron chi connectivity index (χ4n) is 5.11. The van der Waals surface area contributed by atoms with Crippen LogP contribution in [0.4, 0.5) is 0 Å². The van der Waals surface area contributed by atoms with Crippen LogP contribution in [0.2, 0.25) is 0 Å². The smallest absolute Gasteiger partial charge is 0.266 e. The number of aryl methyl sites for hydroxylation is 2. The summed E-state index contributed by atoms with van der Waals surface area (Å²) in [5.41, 5.74) is 6.15. The topological polar surface area (TPSA) is 81.1 Å². The number of benzene rings is 4. The summed E-state index contributed by atoms with van der Waals surface area (Å²) in [7, 11) is -3.89. The molecule has 0 aliphatic rings. The second-order valence-corrected chi connectivity index (χ2v) is 14.0. The molecule has 1 unspecified atom stereocenters. The van der Waals surface area contributed by atoms with E-state index in [-0.39, 0.29) is 15.9 Å². The second kappa shape index (κ2) is 11.3. The summed E-state index contributed by atoms with van der Waals surface area (Å²) in [4.78, 5) is 19.1. The van der Waals surface area contributed by atoms with E-state index in [2.05, 4.69) is 25.5 Å². The van der Waals surface area contributed by atoms with Crippen molar-refractivity contribution in [2.75, 3.05) is 0 Å². The lowest BCUT2D eigenvalue weighted by atomic mass is 9.88. The third-order valence-corrected chi connectivity index (χ3v) is 8.82. The van der Waals surface area contributed by atoms with Crippen LogP contribution in [-0.4, -0.2) is 18.0 Å². The van der Waals surface area contributed by atoms with Gasteiger partial charge in [-0.15, -0.1) is 0 Å². The lowest BCUT2D eigenvalue weighted by Crippen LogP contribution is -2.33. The van der Waals surface area contributed by atoms with Crippen molar-refractivity contribution in [1.29, 1.82) is 0 Å². The van der Waals surface area contributed by atoms with Crippen LogP contribution in [0.1, 0.15) is 56.3 Å². The Morgan fingerprint density at radius 3 is 1.98 bits per heavy atom. The predicted octanol–water partition coefficient (Wildman–Crippen LogP) is 7.30. The minimum atomic E-state index is -3.89. The van der Waals surface area contributed by atoms with E-state index in [4.69, 9.17) is 4.98 Å². The van der Waals surface area contributed by atoms with Crippen LogP contribution in [0.3, 0.4) is 0 Å². The number of hydrogen-bond donors (Lipinski definition) is 1.